The fraction of sp³-hybridized carbons (Fsp3) is 0.188. The lowest BCUT2D eigenvalue weighted by Crippen LogP contribution is -2.22. The fourth-order valence-electron chi connectivity index (χ4n) is 2.28. The summed E-state index contributed by atoms with van der Waals surface area (Å²) in [6.45, 7) is 1.50. The zero-order valence-corrected chi connectivity index (χ0v) is 11.6. The number of aromatic nitrogens is 1. The maximum Gasteiger partial charge on any atom is 0.159 e. The zero-order valence-electron chi connectivity index (χ0n) is 11.6. The molecule has 1 aliphatic rings. The largest absolute Gasteiger partial charge is 0.362 e. The normalized spacial score (nSPS) is 14.0. The van der Waals surface area contributed by atoms with Gasteiger partial charge in [-0.25, -0.2) is 8.78 Å². The first-order valence-electron chi connectivity index (χ1n) is 6.66. The number of benzene rings is 1. The number of nitrogens with zero attached hydrogens (tertiary/aromatic N) is 3. The fourth-order valence-corrected chi connectivity index (χ4v) is 2.28. The summed E-state index contributed by atoms with van der Waals surface area (Å²) in [6.07, 6.45) is 4.01. The van der Waals surface area contributed by atoms with Crippen molar-refractivity contribution in [1.82, 2.24) is 14.8 Å². The van der Waals surface area contributed by atoms with Crippen molar-refractivity contribution in [1.29, 1.82) is 0 Å². The molecule has 0 bridgehead atoms. The SMILES string of the molecule is CN1C=CN(Cc2cccc(-c3ccc(F)c(F)c3)n2)C1. The van der Waals surface area contributed by atoms with Crippen LogP contribution in [-0.2, 0) is 6.54 Å². The van der Waals surface area contributed by atoms with E-state index in [4.69, 9.17) is 0 Å². The van der Waals surface area contributed by atoms with Gasteiger partial charge in [0.05, 0.1) is 24.6 Å². The molecule has 2 heterocycles. The summed E-state index contributed by atoms with van der Waals surface area (Å²) < 4.78 is 26.3. The van der Waals surface area contributed by atoms with E-state index in [-0.39, 0.29) is 0 Å². The van der Waals surface area contributed by atoms with Gasteiger partial charge in [-0.05, 0) is 30.3 Å². The maximum absolute atomic E-state index is 13.3. The highest BCUT2D eigenvalue weighted by molar-refractivity contribution is 5.59. The quantitative estimate of drug-likeness (QED) is 0.864. The average Bonchev–Trinajstić information content (AvgIpc) is 2.87. The molecule has 0 unspecified atom stereocenters. The highest BCUT2D eigenvalue weighted by Gasteiger charge is 2.11. The molecule has 21 heavy (non-hydrogen) atoms. The van der Waals surface area contributed by atoms with Crippen molar-refractivity contribution in [2.24, 2.45) is 0 Å². The highest BCUT2D eigenvalue weighted by atomic mass is 19.2. The van der Waals surface area contributed by atoms with Crippen LogP contribution < -0.4 is 0 Å². The third-order valence-corrected chi connectivity index (χ3v) is 3.32. The molecule has 0 atom stereocenters. The molecule has 0 spiro atoms. The van der Waals surface area contributed by atoms with Crippen LogP contribution in [0.1, 0.15) is 5.69 Å². The van der Waals surface area contributed by atoms with Gasteiger partial charge < -0.3 is 9.80 Å². The Hall–Kier alpha value is -2.43. The van der Waals surface area contributed by atoms with Gasteiger partial charge in [-0.2, -0.15) is 0 Å². The van der Waals surface area contributed by atoms with Crippen molar-refractivity contribution < 1.29 is 8.78 Å². The minimum atomic E-state index is -0.858. The Bertz CT molecular complexity index is 685. The average molecular weight is 287 g/mol. The first-order valence-corrected chi connectivity index (χ1v) is 6.66. The summed E-state index contributed by atoms with van der Waals surface area (Å²) in [7, 11) is 2.00. The maximum atomic E-state index is 13.3. The van der Waals surface area contributed by atoms with E-state index in [1.807, 2.05) is 31.6 Å². The lowest BCUT2D eigenvalue weighted by Gasteiger charge is -2.17. The van der Waals surface area contributed by atoms with Gasteiger partial charge in [0.1, 0.15) is 0 Å². The van der Waals surface area contributed by atoms with E-state index < -0.39 is 11.6 Å². The van der Waals surface area contributed by atoms with Crippen molar-refractivity contribution in [2.45, 2.75) is 6.54 Å². The van der Waals surface area contributed by atoms with E-state index in [0.717, 1.165) is 18.4 Å². The number of rotatable bonds is 3. The van der Waals surface area contributed by atoms with E-state index in [2.05, 4.69) is 14.8 Å². The summed E-state index contributed by atoms with van der Waals surface area (Å²) >= 11 is 0. The molecule has 1 aromatic heterocycles. The third kappa shape index (κ3) is 3.02. The van der Waals surface area contributed by atoms with Crippen LogP contribution in [0.2, 0.25) is 0 Å². The first kappa shape index (κ1) is 13.5. The van der Waals surface area contributed by atoms with E-state index in [1.165, 1.54) is 12.1 Å². The second-order valence-corrected chi connectivity index (χ2v) is 5.09. The number of hydrogen-bond donors (Lipinski definition) is 0. The molecule has 1 aromatic carbocycles. The van der Waals surface area contributed by atoms with Gasteiger partial charge in [-0.3, -0.25) is 4.98 Å². The number of halogens is 2. The van der Waals surface area contributed by atoms with Crippen LogP contribution in [-0.4, -0.2) is 28.5 Å². The monoisotopic (exact) mass is 287 g/mol. The summed E-state index contributed by atoms with van der Waals surface area (Å²) in [5.74, 6) is -1.70. The summed E-state index contributed by atoms with van der Waals surface area (Å²) in [5.41, 5.74) is 2.10. The van der Waals surface area contributed by atoms with Gasteiger partial charge in [0.15, 0.2) is 11.6 Å². The smallest absolute Gasteiger partial charge is 0.159 e. The van der Waals surface area contributed by atoms with E-state index in [0.29, 0.717) is 17.8 Å². The molecular weight excluding hydrogens is 272 g/mol. The van der Waals surface area contributed by atoms with Gasteiger partial charge in [-0.15, -0.1) is 0 Å². The molecular formula is C16H15F2N3. The van der Waals surface area contributed by atoms with Crippen LogP contribution in [0, 0.1) is 11.6 Å². The number of hydrogen-bond acceptors (Lipinski definition) is 3. The lowest BCUT2D eigenvalue weighted by molar-refractivity contribution is 0.288. The number of pyridine rings is 1. The van der Waals surface area contributed by atoms with Crippen molar-refractivity contribution >= 4 is 0 Å². The molecule has 108 valence electrons. The van der Waals surface area contributed by atoms with Crippen LogP contribution in [0.4, 0.5) is 8.78 Å². The van der Waals surface area contributed by atoms with Gasteiger partial charge in [-0.1, -0.05) is 6.07 Å². The Balaban J connectivity index is 1.82. The van der Waals surface area contributed by atoms with Crippen LogP contribution in [0.5, 0.6) is 0 Å². The molecule has 2 aromatic rings. The molecule has 0 saturated carbocycles. The molecule has 0 N–H and O–H groups in total. The molecule has 0 fully saturated rings. The predicted molar refractivity (Wildman–Crippen MR) is 76.9 cm³/mol. The topological polar surface area (TPSA) is 19.4 Å². The molecule has 3 nitrogen and oxygen atoms in total. The Morgan fingerprint density at radius 2 is 1.95 bits per heavy atom. The molecule has 0 saturated heterocycles. The van der Waals surface area contributed by atoms with Crippen molar-refractivity contribution in [3.63, 3.8) is 0 Å². The Labute approximate surface area is 122 Å². The highest BCUT2D eigenvalue weighted by Crippen LogP contribution is 2.20. The predicted octanol–water partition coefficient (Wildman–Crippen LogP) is 3.20. The van der Waals surface area contributed by atoms with Gasteiger partial charge in [0.25, 0.3) is 0 Å². The van der Waals surface area contributed by atoms with Gasteiger partial charge in [0, 0.05) is 25.0 Å². The summed E-state index contributed by atoms with van der Waals surface area (Å²) in [6, 6.07) is 9.43. The van der Waals surface area contributed by atoms with E-state index in [1.54, 1.807) is 6.07 Å². The molecule has 5 heteroatoms. The second-order valence-electron chi connectivity index (χ2n) is 5.09. The minimum Gasteiger partial charge on any atom is -0.362 e. The van der Waals surface area contributed by atoms with E-state index in [9.17, 15) is 8.78 Å². The van der Waals surface area contributed by atoms with Crippen molar-refractivity contribution in [3.05, 3.63) is 66.1 Å². The summed E-state index contributed by atoms with van der Waals surface area (Å²) in [5, 5.41) is 0. The molecule has 0 aliphatic carbocycles. The van der Waals surface area contributed by atoms with Crippen LogP contribution >= 0.6 is 0 Å². The molecule has 3 rings (SSSR count). The van der Waals surface area contributed by atoms with E-state index >= 15 is 0 Å². The third-order valence-electron chi connectivity index (χ3n) is 3.32. The Kier molecular flexibility index (Phi) is 3.56. The van der Waals surface area contributed by atoms with Crippen molar-refractivity contribution in [2.75, 3.05) is 13.7 Å². The minimum absolute atomic E-state index is 0.574. The molecule has 1 aliphatic heterocycles. The zero-order chi connectivity index (χ0) is 14.8. The van der Waals surface area contributed by atoms with Crippen molar-refractivity contribution in [3.8, 4) is 11.3 Å². The van der Waals surface area contributed by atoms with Gasteiger partial charge in [0.2, 0.25) is 0 Å². The van der Waals surface area contributed by atoms with Gasteiger partial charge >= 0.3 is 0 Å². The van der Waals surface area contributed by atoms with Crippen LogP contribution in [0.3, 0.4) is 0 Å². The molecule has 0 amide bonds. The van der Waals surface area contributed by atoms with Crippen LogP contribution in [0.25, 0.3) is 11.3 Å². The Morgan fingerprint density at radius 3 is 2.67 bits per heavy atom. The first-order chi connectivity index (χ1) is 10.1. The Morgan fingerprint density at radius 1 is 1.10 bits per heavy atom. The summed E-state index contributed by atoms with van der Waals surface area (Å²) in [4.78, 5) is 8.71. The molecule has 0 radical (unpaired) electrons. The second kappa shape index (κ2) is 5.52. The lowest BCUT2D eigenvalue weighted by atomic mass is 10.1. The van der Waals surface area contributed by atoms with Crippen LogP contribution in [0.15, 0.2) is 48.8 Å². The standard InChI is InChI=1S/C16H15F2N3/c1-20-7-8-21(11-20)10-13-3-2-4-16(19-13)12-5-6-14(17)15(18)9-12/h2-9H,10-11H2,1H3.